The summed E-state index contributed by atoms with van der Waals surface area (Å²) in [5.74, 6) is -0.107. The number of methoxy groups -OCH3 is 1. The number of hydrogen-bond donors (Lipinski definition) is 0. The summed E-state index contributed by atoms with van der Waals surface area (Å²) in [5, 5.41) is 4.11. The number of nitrogens with zero attached hydrogens (tertiary/aromatic N) is 2. The van der Waals surface area contributed by atoms with Gasteiger partial charge in [-0.3, -0.25) is 9.48 Å². The SMILES string of the molecule is COc1cc(/C=C/C(=O)c2cc(C)nn2C)ccc1OC(F)F. The van der Waals surface area contributed by atoms with Crippen LogP contribution in [0.3, 0.4) is 0 Å². The lowest BCUT2D eigenvalue weighted by Gasteiger charge is -2.10. The van der Waals surface area contributed by atoms with Crippen LogP contribution in [-0.2, 0) is 7.05 Å². The third-order valence-corrected chi connectivity index (χ3v) is 3.09. The van der Waals surface area contributed by atoms with Gasteiger partial charge in [0, 0.05) is 7.05 Å². The Balaban J connectivity index is 2.19. The Labute approximate surface area is 132 Å². The third-order valence-electron chi connectivity index (χ3n) is 3.09. The number of ether oxygens (including phenoxy) is 2. The van der Waals surface area contributed by atoms with Gasteiger partial charge < -0.3 is 9.47 Å². The van der Waals surface area contributed by atoms with E-state index in [2.05, 4.69) is 9.84 Å². The zero-order chi connectivity index (χ0) is 17.0. The molecule has 0 fully saturated rings. The smallest absolute Gasteiger partial charge is 0.387 e. The lowest BCUT2D eigenvalue weighted by Crippen LogP contribution is -2.04. The van der Waals surface area contributed by atoms with Crippen LogP contribution >= 0.6 is 0 Å². The lowest BCUT2D eigenvalue weighted by molar-refractivity contribution is -0.0512. The molecule has 0 atom stereocenters. The molecule has 0 amide bonds. The standard InChI is InChI=1S/C16H16F2N2O3/c1-10-8-12(20(2)19-10)13(21)6-4-11-5-7-14(23-16(17)18)15(9-11)22-3/h4-9,16H,1-3H3/b6-4+. The highest BCUT2D eigenvalue weighted by Gasteiger charge is 2.11. The first-order valence-electron chi connectivity index (χ1n) is 6.76. The van der Waals surface area contributed by atoms with Crippen molar-refractivity contribution >= 4 is 11.9 Å². The summed E-state index contributed by atoms with van der Waals surface area (Å²) < 4.78 is 35.4. The van der Waals surface area contributed by atoms with Crippen LogP contribution in [0, 0.1) is 6.92 Å². The molecule has 0 N–H and O–H groups in total. The Morgan fingerprint density at radius 2 is 2.04 bits per heavy atom. The summed E-state index contributed by atoms with van der Waals surface area (Å²) in [6, 6.07) is 6.12. The number of carbonyl (C=O) groups excluding carboxylic acids is 1. The molecule has 0 aliphatic heterocycles. The number of rotatable bonds is 6. The van der Waals surface area contributed by atoms with Crippen LogP contribution in [0.1, 0.15) is 21.7 Å². The maximum atomic E-state index is 12.3. The molecule has 0 bridgehead atoms. The molecule has 0 aliphatic carbocycles. The fourth-order valence-electron chi connectivity index (χ4n) is 2.08. The Morgan fingerprint density at radius 3 is 2.61 bits per heavy atom. The second kappa shape index (κ2) is 7.04. The van der Waals surface area contributed by atoms with E-state index < -0.39 is 6.61 Å². The van der Waals surface area contributed by atoms with Gasteiger partial charge in [0.2, 0.25) is 5.78 Å². The fraction of sp³-hybridized carbons (Fsp3) is 0.250. The van der Waals surface area contributed by atoms with Gasteiger partial charge in [-0.2, -0.15) is 13.9 Å². The number of benzene rings is 1. The van der Waals surface area contributed by atoms with Crippen LogP contribution in [0.4, 0.5) is 8.78 Å². The minimum absolute atomic E-state index is 0.0618. The zero-order valence-electron chi connectivity index (χ0n) is 12.9. The maximum Gasteiger partial charge on any atom is 0.387 e. The molecule has 23 heavy (non-hydrogen) atoms. The molecular formula is C16H16F2N2O3. The van der Waals surface area contributed by atoms with Crippen LogP contribution in [0.2, 0.25) is 0 Å². The summed E-state index contributed by atoms with van der Waals surface area (Å²) in [6.07, 6.45) is 2.96. The minimum atomic E-state index is -2.93. The molecule has 0 spiro atoms. The predicted octanol–water partition coefficient (Wildman–Crippen LogP) is 3.23. The number of aromatic nitrogens is 2. The van der Waals surface area contributed by atoms with E-state index >= 15 is 0 Å². The lowest BCUT2D eigenvalue weighted by atomic mass is 10.1. The van der Waals surface area contributed by atoms with E-state index in [1.54, 1.807) is 32.2 Å². The van der Waals surface area contributed by atoms with Crippen molar-refractivity contribution in [1.82, 2.24) is 9.78 Å². The number of hydrogen-bond acceptors (Lipinski definition) is 4. The second-order valence-electron chi connectivity index (χ2n) is 4.78. The number of alkyl halides is 2. The van der Waals surface area contributed by atoms with Gasteiger partial charge in [0.05, 0.1) is 12.8 Å². The van der Waals surface area contributed by atoms with Crippen LogP contribution in [-0.4, -0.2) is 29.3 Å². The summed E-state index contributed by atoms with van der Waals surface area (Å²) in [4.78, 5) is 12.1. The first kappa shape index (κ1) is 16.7. The van der Waals surface area contributed by atoms with Gasteiger partial charge in [-0.25, -0.2) is 0 Å². The van der Waals surface area contributed by atoms with Crippen molar-refractivity contribution in [2.24, 2.45) is 7.05 Å². The van der Waals surface area contributed by atoms with E-state index in [0.29, 0.717) is 11.3 Å². The first-order valence-corrected chi connectivity index (χ1v) is 6.76. The Bertz CT molecular complexity index is 739. The molecule has 122 valence electrons. The first-order chi connectivity index (χ1) is 10.9. The molecule has 0 saturated carbocycles. The van der Waals surface area contributed by atoms with Crippen molar-refractivity contribution in [1.29, 1.82) is 0 Å². The van der Waals surface area contributed by atoms with Gasteiger partial charge in [0.15, 0.2) is 11.5 Å². The summed E-state index contributed by atoms with van der Waals surface area (Å²) >= 11 is 0. The van der Waals surface area contributed by atoms with Crippen molar-refractivity contribution in [2.75, 3.05) is 7.11 Å². The molecule has 2 aromatic rings. The van der Waals surface area contributed by atoms with E-state index in [1.807, 2.05) is 0 Å². The van der Waals surface area contributed by atoms with Crippen molar-refractivity contribution in [2.45, 2.75) is 13.5 Å². The Morgan fingerprint density at radius 1 is 1.30 bits per heavy atom. The van der Waals surface area contributed by atoms with Gasteiger partial charge in [-0.05, 0) is 36.8 Å². The normalized spacial score (nSPS) is 11.2. The van der Waals surface area contributed by atoms with Gasteiger partial charge in [-0.1, -0.05) is 12.1 Å². The Hall–Kier alpha value is -2.70. The second-order valence-corrected chi connectivity index (χ2v) is 4.78. The molecule has 7 heteroatoms. The van der Waals surface area contributed by atoms with Crippen LogP contribution in [0.5, 0.6) is 11.5 Å². The molecule has 1 aromatic heterocycles. The minimum Gasteiger partial charge on any atom is -0.493 e. The highest BCUT2D eigenvalue weighted by molar-refractivity contribution is 6.05. The number of ketones is 1. The largest absolute Gasteiger partial charge is 0.493 e. The molecular weight excluding hydrogens is 306 g/mol. The van der Waals surface area contributed by atoms with Crippen molar-refractivity contribution in [3.8, 4) is 11.5 Å². The van der Waals surface area contributed by atoms with E-state index in [1.165, 1.54) is 30.0 Å². The Kier molecular flexibility index (Phi) is 5.10. The predicted molar refractivity (Wildman–Crippen MR) is 80.9 cm³/mol. The summed E-state index contributed by atoms with van der Waals surface area (Å²) in [5.41, 5.74) is 1.83. The molecule has 2 rings (SSSR count). The number of allylic oxidation sites excluding steroid dienone is 1. The molecule has 1 heterocycles. The fourth-order valence-corrected chi connectivity index (χ4v) is 2.08. The van der Waals surface area contributed by atoms with E-state index in [-0.39, 0.29) is 17.3 Å². The quantitative estimate of drug-likeness (QED) is 0.605. The zero-order valence-corrected chi connectivity index (χ0v) is 12.9. The van der Waals surface area contributed by atoms with Crippen LogP contribution in [0.15, 0.2) is 30.3 Å². The van der Waals surface area contributed by atoms with Crippen molar-refractivity contribution < 1.29 is 23.0 Å². The number of carbonyl (C=O) groups is 1. The van der Waals surface area contributed by atoms with E-state index in [4.69, 9.17) is 4.74 Å². The van der Waals surface area contributed by atoms with Crippen molar-refractivity contribution in [3.63, 3.8) is 0 Å². The highest BCUT2D eigenvalue weighted by atomic mass is 19.3. The van der Waals surface area contributed by atoms with Crippen LogP contribution < -0.4 is 9.47 Å². The van der Waals surface area contributed by atoms with Crippen molar-refractivity contribution in [3.05, 3.63) is 47.3 Å². The molecule has 1 aromatic carbocycles. The molecule has 0 unspecified atom stereocenters. The summed E-state index contributed by atoms with van der Waals surface area (Å²) in [6.45, 7) is -1.13. The van der Waals surface area contributed by atoms with E-state index in [9.17, 15) is 13.6 Å². The van der Waals surface area contributed by atoms with Gasteiger partial charge in [-0.15, -0.1) is 0 Å². The van der Waals surface area contributed by atoms with Gasteiger partial charge in [0.1, 0.15) is 5.69 Å². The highest BCUT2D eigenvalue weighted by Crippen LogP contribution is 2.29. The average Bonchev–Trinajstić information content (AvgIpc) is 2.84. The number of aryl methyl sites for hydroxylation is 2. The van der Waals surface area contributed by atoms with Gasteiger partial charge >= 0.3 is 6.61 Å². The summed E-state index contributed by atoms with van der Waals surface area (Å²) in [7, 11) is 3.04. The maximum absolute atomic E-state index is 12.3. The number of halogens is 2. The van der Waals surface area contributed by atoms with E-state index in [0.717, 1.165) is 5.69 Å². The molecule has 0 aliphatic rings. The van der Waals surface area contributed by atoms with Crippen LogP contribution in [0.25, 0.3) is 6.08 Å². The molecule has 5 nitrogen and oxygen atoms in total. The average molecular weight is 322 g/mol. The molecule has 0 radical (unpaired) electrons. The third kappa shape index (κ3) is 4.15. The topological polar surface area (TPSA) is 53.3 Å². The monoisotopic (exact) mass is 322 g/mol. The molecule has 0 saturated heterocycles. The van der Waals surface area contributed by atoms with Gasteiger partial charge in [0.25, 0.3) is 0 Å².